The van der Waals surface area contributed by atoms with Crippen molar-refractivity contribution in [2.75, 3.05) is 0 Å². The summed E-state index contributed by atoms with van der Waals surface area (Å²) < 4.78 is 7.93. The van der Waals surface area contributed by atoms with E-state index in [9.17, 15) is 4.79 Å². The highest BCUT2D eigenvalue weighted by molar-refractivity contribution is 6.31. The summed E-state index contributed by atoms with van der Waals surface area (Å²) in [6.45, 7) is 0. The maximum atomic E-state index is 13.1. The summed E-state index contributed by atoms with van der Waals surface area (Å²) in [4.78, 5) is 17.1. The molecule has 3 aromatic rings. The standard InChI is InChI=1S/C18H13ClN2O2.ClH/c19-13-6-7-15-14(10-13)17(22)16(21-9-8-20-11-21)18(23-15)12-4-2-1-3-5-12;/h1-11,16,18H;1H. The Morgan fingerprint density at radius 3 is 2.62 bits per heavy atom. The first-order valence-electron chi connectivity index (χ1n) is 7.27. The first-order valence-corrected chi connectivity index (χ1v) is 7.64. The number of halogens is 2. The van der Waals surface area contributed by atoms with E-state index in [-0.39, 0.29) is 18.2 Å². The Hall–Kier alpha value is -2.30. The normalized spacial score (nSPS) is 19.1. The lowest BCUT2D eigenvalue weighted by Crippen LogP contribution is -2.33. The van der Waals surface area contributed by atoms with Gasteiger partial charge in [0.15, 0.2) is 11.9 Å². The number of ether oxygens (including phenoxy) is 1. The van der Waals surface area contributed by atoms with Gasteiger partial charge in [-0.2, -0.15) is 0 Å². The molecule has 4 rings (SSSR count). The summed E-state index contributed by atoms with van der Waals surface area (Å²) in [5.74, 6) is 0.533. The first kappa shape index (κ1) is 16.6. The molecule has 0 saturated carbocycles. The van der Waals surface area contributed by atoms with Gasteiger partial charge in [-0.15, -0.1) is 12.4 Å². The van der Waals surface area contributed by atoms with Crippen LogP contribution < -0.4 is 4.74 Å². The number of fused-ring (bicyclic) bond motifs is 1. The van der Waals surface area contributed by atoms with E-state index in [0.717, 1.165) is 5.56 Å². The fourth-order valence-corrected chi connectivity index (χ4v) is 3.09. The average Bonchev–Trinajstić information content (AvgIpc) is 3.10. The third-order valence-electron chi connectivity index (χ3n) is 3.99. The summed E-state index contributed by atoms with van der Waals surface area (Å²) in [5, 5.41) is 0.517. The van der Waals surface area contributed by atoms with Gasteiger partial charge in [0.05, 0.1) is 11.9 Å². The van der Waals surface area contributed by atoms with Crippen molar-refractivity contribution in [2.45, 2.75) is 12.1 Å². The Balaban J connectivity index is 0.00000169. The molecule has 0 spiro atoms. The van der Waals surface area contributed by atoms with Crippen molar-refractivity contribution in [2.24, 2.45) is 0 Å². The summed E-state index contributed by atoms with van der Waals surface area (Å²) in [5.41, 5.74) is 1.45. The Labute approximate surface area is 150 Å². The molecule has 4 nitrogen and oxygen atoms in total. The van der Waals surface area contributed by atoms with Crippen LogP contribution in [0.2, 0.25) is 5.02 Å². The Morgan fingerprint density at radius 1 is 1.12 bits per heavy atom. The minimum Gasteiger partial charge on any atom is -0.482 e. The molecule has 0 saturated heterocycles. The number of benzene rings is 2. The van der Waals surface area contributed by atoms with Crippen LogP contribution in [0.1, 0.15) is 28.1 Å². The minimum atomic E-state index is -0.508. The maximum Gasteiger partial charge on any atom is 0.193 e. The maximum absolute atomic E-state index is 13.1. The number of ketones is 1. The predicted molar refractivity (Wildman–Crippen MR) is 94.1 cm³/mol. The Bertz CT molecular complexity index is 851. The van der Waals surface area contributed by atoms with Gasteiger partial charge in [0, 0.05) is 17.4 Å². The van der Waals surface area contributed by atoms with Crippen molar-refractivity contribution in [3.05, 3.63) is 83.4 Å². The fourth-order valence-electron chi connectivity index (χ4n) is 2.91. The van der Waals surface area contributed by atoms with Crippen molar-refractivity contribution in [3.8, 4) is 5.75 Å². The fraction of sp³-hybridized carbons (Fsp3) is 0.111. The highest BCUT2D eigenvalue weighted by Crippen LogP contribution is 2.41. The number of hydrogen-bond acceptors (Lipinski definition) is 3. The van der Waals surface area contributed by atoms with E-state index < -0.39 is 12.1 Å². The molecule has 2 atom stereocenters. The Morgan fingerprint density at radius 2 is 1.92 bits per heavy atom. The molecule has 6 heteroatoms. The lowest BCUT2D eigenvalue weighted by Gasteiger charge is -2.33. The van der Waals surface area contributed by atoms with Crippen LogP contribution in [0, 0.1) is 0 Å². The largest absolute Gasteiger partial charge is 0.482 e. The van der Waals surface area contributed by atoms with Gasteiger partial charge in [-0.25, -0.2) is 4.98 Å². The van der Waals surface area contributed by atoms with Crippen LogP contribution in [-0.4, -0.2) is 15.3 Å². The van der Waals surface area contributed by atoms with Gasteiger partial charge < -0.3 is 9.30 Å². The molecule has 1 aliphatic rings. The molecule has 1 aliphatic heterocycles. The second-order valence-electron chi connectivity index (χ2n) is 5.41. The number of rotatable bonds is 2. The molecule has 0 aliphatic carbocycles. The second kappa shape index (κ2) is 6.67. The van der Waals surface area contributed by atoms with Gasteiger partial charge in [-0.3, -0.25) is 4.79 Å². The zero-order valence-electron chi connectivity index (χ0n) is 12.5. The molecule has 2 heterocycles. The molecule has 0 bridgehead atoms. The second-order valence-corrected chi connectivity index (χ2v) is 5.85. The van der Waals surface area contributed by atoms with Crippen molar-refractivity contribution in [3.63, 3.8) is 0 Å². The number of aromatic nitrogens is 2. The molecular weight excluding hydrogens is 347 g/mol. The molecule has 1 aromatic heterocycles. The zero-order chi connectivity index (χ0) is 15.8. The lowest BCUT2D eigenvalue weighted by molar-refractivity contribution is 0.0677. The van der Waals surface area contributed by atoms with Crippen LogP contribution >= 0.6 is 24.0 Å². The van der Waals surface area contributed by atoms with Crippen molar-refractivity contribution < 1.29 is 9.53 Å². The summed E-state index contributed by atoms with van der Waals surface area (Å²) >= 11 is 6.04. The molecule has 2 aromatic carbocycles. The van der Waals surface area contributed by atoms with E-state index in [1.54, 1.807) is 41.5 Å². The third kappa shape index (κ3) is 2.79. The van der Waals surface area contributed by atoms with Gasteiger partial charge >= 0.3 is 0 Å². The summed E-state index contributed by atoms with van der Waals surface area (Å²) in [6.07, 6.45) is 4.66. The lowest BCUT2D eigenvalue weighted by atomic mass is 9.91. The molecule has 24 heavy (non-hydrogen) atoms. The number of nitrogens with zero attached hydrogens (tertiary/aromatic N) is 2. The minimum absolute atomic E-state index is 0. The molecule has 0 fully saturated rings. The van der Waals surface area contributed by atoms with E-state index in [1.165, 1.54) is 0 Å². The number of carbonyl (C=O) groups is 1. The number of imidazole rings is 1. The van der Waals surface area contributed by atoms with E-state index >= 15 is 0 Å². The number of Topliss-reactive ketones (excluding diaryl/α,β-unsaturated/α-hetero) is 1. The van der Waals surface area contributed by atoms with E-state index in [1.807, 2.05) is 30.3 Å². The van der Waals surface area contributed by atoms with E-state index in [2.05, 4.69) is 4.98 Å². The molecule has 2 unspecified atom stereocenters. The van der Waals surface area contributed by atoms with E-state index in [4.69, 9.17) is 16.3 Å². The summed E-state index contributed by atoms with van der Waals surface area (Å²) in [6, 6.07) is 14.4. The molecular formula is C18H14Cl2N2O2. The quantitative estimate of drug-likeness (QED) is 0.674. The van der Waals surface area contributed by atoms with Crippen LogP contribution in [0.3, 0.4) is 0 Å². The van der Waals surface area contributed by atoms with Gasteiger partial charge in [-0.1, -0.05) is 41.9 Å². The van der Waals surface area contributed by atoms with Gasteiger partial charge in [-0.05, 0) is 23.8 Å². The predicted octanol–water partition coefficient (Wildman–Crippen LogP) is 4.52. The van der Waals surface area contributed by atoms with Crippen LogP contribution in [0.4, 0.5) is 0 Å². The summed E-state index contributed by atoms with van der Waals surface area (Å²) in [7, 11) is 0. The highest BCUT2D eigenvalue weighted by Gasteiger charge is 2.39. The smallest absolute Gasteiger partial charge is 0.193 e. The van der Waals surface area contributed by atoms with Crippen molar-refractivity contribution in [1.82, 2.24) is 9.55 Å². The highest BCUT2D eigenvalue weighted by atomic mass is 35.5. The SMILES string of the molecule is Cl.O=C1c2cc(Cl)ccc2OC(c2ccccc2)C1n1ccnc1. The molecule has 0 N–H and O–H groups in total. The van der Waals surface area contributed by atoms with Crippen molar-refractivity contribution >= 4 is 29.8 Å². The van der Waals surface area contributed by atoms with Crippen LogP contribution in [0.25, 0.3) is 0 Å². The average molecular weight is 361 g/mol. The third-order valence-corrected chi connectivity index (χ3v) is 4.23. The Kier molecular flexibility index (Phi) is 4.60. The molecule has 122 valence electrons. The van der Waals surface area contributed by atoms with E-state index in [0.29, 0.717) is 16.3 Å². The first-order chi connectivity index (χ1) is 11.2. The monoisotopic (exact) mass is 360 g/mol. The zero-order valence-corrected chi connectivity index (χ0v) is 14.1. The van der Waals surface area contributed by atoms with Crippen LogP contribution in [-0.2, 0) is 0 Å². The van der Waals surface area contributed by atoms with Crippen LogP contribution in [0.15, 0.2) is 67.3 Å². The molecule has 0 amide bonds. The van der Waals surface area contributed by atoms with Gasteiger partial charge in [0.25, 0.3) is 0 Å². The number of carbonyl (C=O) groups excluding carboxylic acids is 1. The van der Waals surface area contributed by atoms with Crippen molar-refractivity contribution in [1.29, 1.82) is 0 Å². The van der Waals surface area contributed by atoms with Gasteiger partial charge in [0.1, 0.15) is 11.8 Å². The topological polar surface area (TPSA) is 44.1 Å². The molecule has 0 radical (unpaired) electrons. The number of hydrogen-bond donors (Lipinski definition) is 0. The van der Waals surface area contributed by atoms with Gasteiger partial charge in [0.2, 0.25) is 0 Å². The van der Waals surface area contributed by atoms with Crippen LogP contribution in [0.5, 0.6) is 5.75 Å².